The van der Waals surface area contributed by atoms with Crippen LogP contribution in [0.25, 0.3) is 0 Å². The lowest BCUT2D eigenvalue weighted by molar-refractivity contribution is 0.0949. The molecule has 2 amide bonds. The summed E-state index contributed by atoms with van der Waals surface area (Å²) in [6.07, 6.45) is -0.576. The zero-order valence-corrected chi connectivity index (χ0v) is 13.2. The van der Waals surface area contributed by atoms with E-state index in [-0.39, 0.29) is 5.91 Å². The Labute approximate surface area is 135 Å². The second kappa shape index (κ2) is 7.98. The normalized spacial score (nSPS) is 10.2. The summed E-state index contributed by atoms with van der Waals surface area (Å²) in [6, 6.07) is 15.5. The molecule has 2 aromatic carbocycles. The van der Waals surface area contributed by atoms with Crippen LogP contribution in [0.3, 0.4) is 0 Å². The van der Waals surface area contributed by atoms with Crippen LogP contribution in [-0.4, -0.2) is 18.5 Å². The number of rotatable bonds is 5. The molecule has 2 aromatic rings. The highest BCUT2D eigenvalue weighted by Gasteiger charge is 2.08. The summed E-state index contributed by atoms with van der Waals surface area (Å²) in [5.41, 5.74) is 1.11. The number of amides is 2. The summed E-state index contributed by atoms with van der Waals surface area (Å²) in [6.45, 7) is 4.69. The van der Waals surface area contributed by atoms with Crippen molar-refractivity contribution in [1.29, 1.82) is 0 Å². The summed E-state index contributed by atoms with van der Waals surface area (Å²) >= 11 is 0. The summed E-state index contributed by atoms with van der Waals surface area (Å²) in [7, 11) is 0. The first-order chi connectivity index (χ1) is 11.0. The maximum atomic E-state index is 11.9. The predicted octanol–water partition coefficient (Wildman–Crippen LogP) is 3.68. The Morgan fingerprint density at radius 3 is 2.26 bits per heavy atom. The molecule has 0 saturated carbocycles. The maximum absolute atomic E-state index is 11.9. The molecule has 2 rings (SSSR count). The van der Waals surface area contributed by atoms with Crippen LogP contribution in [0.4, 0.5) is 10.5 Å². The van der Waals surface area contributed by atoms with Crippen molar-refractivity contribution >= 4 is 17.7 Å². The van der Waals surface area contributed by atoms with E-state index in [2.05, 4.69) is 10.6 Å². The van der Waals surface area contributed by atoms with Crippen molar-refractivity contribution < 1.29 is 14.3 Å². The zero-order valence-electron chi connectivity index (χ0n) is 13.2. The van der Waals surface area contributed by atoms with Crippen LogP contribution < -0.4 is 15.4 Å². The SMILES string of the molecule is CC(C)CNC(=O)c1ccc(NC(=O)Oc2ccccc2)cc1. The van der Waals surface area contributed by atoms with Gasteiger partial charge in [0.2, 0.25) is 0 Å². The Morgan fingerprint density at radius 1 is 1.00 bits per heavy atom. The van der Waals surface area contributed by atoms with Crippen molar-refractivity contribution in [2.24, 2.45) is 5.92 Å². The van der Waals surface area contributed by atoms with Crippen LogP contribution >= 0.6 is 0 Å². The number of anilines is 1. The standard InChI is InChI=1S/C18H20N2O3/c1-13(2)12-19-17(21)14-8-10-15(11-9-14)20-18(22)23-16-6-4-3-5-7-16/h3-11,13H,12H2,1-2H3,(H,19,21)(H,20,22). The van der Waals surface area contributed by atoms with Gasteiger partial charge in [-0.25, -0.2) is 4.79 Å². The number of nitrogens with one attached hydrogen (secondary N) is 2. The van der Waals surface area contributed by atoms with E-state index < -0.39 is 6.09 Å². The van der Waals surface area contributed by atoms with Crippen molar-refractivity contribution in [2.75, 3.05) is 11.9 Å². The number of ether oxygens (including phenoxy) is 1. The van der Waals surface area contributed by atoms with Crippen molar-refractivity contribution in [2.45, 2.75) is 13.8 Å². The van der Waals surface area contributed by atoms with Gasteiger partial charge in [0.05, 0.1) is 0 Å². The lowest BCUT2D eigenvalue weighted by Crippen LogP contribution is -2.27. The lowest BCUT2D eigenvalue weighted by atomic mass is 10.1. The number of carbonyl (C=O) groups excluding carboxylic acids is 2. The fourth-order valence-electron chi connectivity index (χ4n) is 1.84. The van der Waals surface area contributed by atoms with Crippen LogP contribution in [0.5, 0.6) is 5.75 Å². The van der Waals surface area contributed by atoms with E-state index in [1.54, 1.807) is 48.5 Å². The number of hydrogen-bond donors (Lipinski definition) is 2. The largest absolute Gasteiger partial charge is 0.417 e. The molecule has 0 bridgehead atoms. The van der Waals surface area contributed by atoms with Gasteiger partial charge in [0.15, 0.2) is 0 Å². The smallest absolute Gasteiger partial charge is 0.410 e. The molecule has 5 heteroatoms. The van der Waals surface area contributed by atoms with Crippen molar-refractivity contribution in [3.8, 4) is 5.75 Å². The number of carbonyl (C=O) groups is 2. The predicted molar refractivity (Wildman–Crippen MR) is 89.7 cm³/mol. The Bertz CT molecular complexity index is 652. The van der Waals surface area contributed by atoms with Crippen LogP contribution in [0.15, 0.2) is 54.6 Å². The summed E-state index contributed by atoms with van der Waals surface area (Å²) in [5, 5.41) is 5.45. The molecule has 23 heavy (non-hydrogen) atoms. The fraction of sp³-hybridized carbons (Fsp3) is 0.222. The quantitative estimate of drug-likeness (QED) is 0.885. The van der Waals surface area contributed by atoms with Crippen molar-refractivity contribution in [1.82, 2.24) is 5.32 Å². The van der Waals surface area contributed by atoms with Gasteiger partial charge in [-0.1, -0.05) is 32.0 Å². The highest BCUT2D eigenvalue weighted by molar-refractivity contribution is 5.95. The second-order valence-corrected chi connectivity index (χ2v) is 5.51. The molecule has 0 heterocycles. The summed E-state index contributed by atoms with van der Waals surface area (Å²) in [4.78, 5) is 23.7. The van der Waals surface area contributed by atoms with Crippen LogP contribution in [0.1, 0.15) is 24.2 Å². The third-order valence-electron chi connectivity index (χ3n) is 3.02. The maximum Gasteiger partial charge on any atom is 0.417 e. The van der Waals surface area contributed by atoms with Gasteiger partial charge in [-0.3, -0.25) is 10.1 Å². The highest BCUT2D eigenvalue weighted by atomic mass is 16.6. The van der Waals surface area contributed by atoms with Gasteiger partial charge in [0.1, 0.15) is 5.75 Å². The first-order valence-electron chi connectivity index (χ1n) is 7.47. The molecule has 0 aromatic heterocycles. The summed E-state index contributed by atoms with van der Waals surface area (Å²) < 4.78 is 5.13. The molecular formula is C18H20N2O3. The minimum atomic E-state index is -0.576. The Balaban J connectivity index is 1.89. The molecular weight excluding hydrogens is 292 g/mol. The molecule has 5 nitrogen and oxygen atoms in total. The minimum Gasteiger partial charge on any atom is -0.410 e. The van der Waals surface area contributed by atoms with Gasteiger partial charge in [0, 0.05) is 17.8 Å². The van der Waals surface area contributed by atoms with Gasteiger partial charge >= 0.3 is 6.09 Å². The van der Waals surface area contributed by atoms with E-state index in [0.717, 1.165) is 0 Å². The Morgan fingerprint density at radius 2 is 1.65 bits per heavy atom. The van der Waals surface area contributed by atoms with Gasteiger partial charge in [-0.15, -0.1) is 0 Å². The molecule has 0 saturated heterocycles. The molecule has 120 valence electrons. The van der Waals surface area contributed by atoms with Crippen molar-refractivity contribution in [3.63, 3.8) is 0 Å². The molecule has 0 spiro atoms. The highest BCUT2D eigenvalue weighted by Crippen LogP contribution is 2.12. The van der Waals surface area contributed by atoms with Gasteiger partial charge < -0.3 is 10.1 Å². The Hall–Kier alpha value is -2.82. The van der Waals surface area contributed by atoms with E-state index in [4.69, 9.17) is 4.74 Å². The molecule has 0 aliphatic rings. The van der Waals surface area contributed by atoms with E-state index >= 15 is 0 Å². The zero-order chi connectivity index (χ0) is 16.7. The topological polar surface area (TPSA) is 67.4 Å². The van der Waals surface area contributed by atoms with E-state index in [1.165, 1.54) is 0 Å². The average molecular weight is 312 g/mol. The van der Waals surface area contributed by atoms with E-state index in [1.807, 2.05) is 19.9 Å². The van der Waals surface area contributed by atoms with E-state index in [9.17, 15) is 9.59 Å². The van der Waals surface area contributed by atoms with Gasteiger partial charge in [-0.05, 0) is 42.3 Å². The molecule has 0 unspecified atom stereocenters. The summed E-state index contributed by atoms with van der Waals surface area (Å²) in [5.74, 6) is 0.736. The third-order valence-corrected chi connectivity index (χ3v) is 3.02. The molecule has 0 atom stereocenters. The molecule has 2 N–H and O–H groups in total. The molecule has 0 aliphatic heterocycles. The number of para-hydroxylation sites is 1. The van der Waals surface area contributed by atoms with Crippen LogP contribution in [0.2, 0.25) is 0 Å². The lowest BCUT2D eigenvalue weighted by Gasteiger charge is -2.09. The van der Waals surface area contributed by atoms with Crippen molar-refractivity contribution in [3.05, 3.63) is 60.2 Å². The molecule has 0 aliphatic carbocycles. The minimum absolute atomic E-state index is 0.128. The first kappa shape index (κ1) is 16.5. The number of hydrogen-bond acceptors (Lipinski definition) is 3. The average Bonchev–Trinajstić information content (AvgIpc) is 2.54. The van der Waals surface area contributed by atoms with E-state index in [0.29, 0.717) is 29.5 Å². The molecule has 0 fully saturated rings. The van der Waals surface area contributed by atoms with Crippen LogP contribution in [0, 0.1) is 5.92 Å². The number of benzene rings is 2. The van der Waals surface area contributed by atoms with Gasteiger partial charge in [0.25, 0.3) is 5.91 Å². The Kier molecular flexibility index (Phi) is 5.74. The monoisotopic (exact) mass is 312 g/mol. The first-order valence-corrected chi connectivity index (χ1v) is 7.47. The fourth-order valence-corrected chi connectivity index (χ4v) is 1.84. The van der Waals surface area contributed by atoms with Crippen LogP contribution in [-0.2, 0) is 0 Å². The molecule has 0 radical (unpaired) electrons. The second-order valence-electron chi connectivity index (χ2n) is 5.51. The van der Waals surface area contributed by atoms with Gasteiger partial charge in [-0.2, -0.15) is 0 Å². The third kappa shape index (κ3) is 5.47.